The molecule has 0 radical (unpaired) electrons. The van der Waals surface area contributed by atoms with Crippen LogP contribution in [0.4, 0.5) is 0 Å². The normalized spacial score (nSPS) is 11.2. The number of hydrogen-bond acceptors (Lipinski definition) is 5. The van der Waals surface area contributed by atoms with Crippen LogP contribution in [-0.4, -0.2) is 29.6 Å². The second-order valence-electron chi connectivity index (χ2n) is 5.77. The number of methoxy groups -OCH3 is 1. The number of ether oxygens (including phenoxy) is 1. The van der Waals surface area contributed by atoms with Gasteiger partial charge in [-0.2, -0.15) is 0 Å². The van der Waals surface area contributed by atoms with Crippen LogP contribution < -0.4 is 5.32 Å². The Bertz CT molecular complexity index is 610. The highest BCUT2D eigenvalue weighted by Crippen LogP contribution is 2.18. The third-order valence-electron chi connectivity index (χ3n) is 3.53. The van der Waals surface area contributed by atoms with Crippen LogP contribution in [-0.2, 0) is 16.7 Å². The highest BCUT2D eigenvalue weighted by Gasteiger charge is 2.21. The fraction of sp³-hybridized carbons (Fsp3) is 0.353. The molecule has 5 nitrogen and oxygen atoms in total. The van der Waals surface area contributed by atoms with Gasteiger partial charge in [-0.3, -0.25) is 9.97 Å². The van der Waals surface area contributed by atoms with Crippen LogP contribution in [0.15, 0.2) is 42.9 Å². The number of nitrogens with zero attached hydrogens (tertiary/aromatic N) is 2. The van der Waals surface area contributed by atoms with Crippen molar-refractivity contribution in [2.45, 2.75) is 25.8 Å². The summed E-state index contributed by atoms with van der Waals surface area (Å²) in [6.07, 6.45) is 5.19. The van der Waals surface area contributed by atoms with Crippen molar-refractivity contribution < 1.29 is 9.53 Å². The lowest BCUT2D eigenvalue weighted by Gasteiger charge is -2.24. The van der Waals surface area contributed by atoms with Gasteiger partial charge >= 0.3 is 5.97 Å². The van der Waals surface area contributed by atoms with Gasteiger partial charge in [0.1, 0.15) is 0 Å². The van der Waals surface area contributed by atoms with Crippen LogP contribution in [0.1, 0.15) is 35.5 Å². The van der Waals surface area contributed by atoms with Gasteiger partial charge in [0.25, 0.3) is 0 Å². The maximum Gasteiger partial charge on any atom is 0.337 e. The summed E-state index contributed by atoms with van der Waals surface area (Å²) in [5.41, 5.74) is 2.54. The summed E-state index contributed by atoms with van der Waals surface area (Å²) in [5, 5.41) is 3.42. The van der Waals surface area contributed by atoms with Gasteiger partial charge in [-0.25, -0.2) is 4.79 Å². The average molecular weight is 299 g/mol. The average Bonchev–Trinajstić information content (AvgIpc) is 2.55. The summed E-state index contributed by atoms with van der Waals surface area (Å²) in [4.78, 5) is 19.9. The molecule has 1 N–H and O–H groups in total. The highest BCUT2D eigenvalue weighted by molar-refractivity contribution is 5.89. The molecule has 0 bridgehead atoms. The molecule has 1 heterocycles. The van der Waals surface area contributed by atoms with Crippen LogP contribution in [0.25, 0.3) is 0 Å². The van der Waals surface area contributed by atoms with Crippen molar-refractivity contribution in [2.75, 3.05) is 13.7 Å². The molecular weight excluding hydrogens is 278 g/mol. The molecule has 0 saturated heterocycles. The maximum atomic E-state index is 11.4. The van der Waals surface area contributed by atoms with Crippen molar-refractivity contribution in [1.82, 2.24) is 15.3 Å². The lowest BCUT2D eigenvalue weighted by atomic mass is 9.89. The molecule has 0 atom stereocenters. The predicted octanol–water partition coefficient (Wildman–Crippen LogP) is 2.33. The van der Waals surface area contributed by atoms with Crippen LogP contribution in [0.5, 0.6) is 0 Å². The Morgan fingerprint density at radius 2 is 1.95 bits per heavy atom. The minimum atomic E-state index is -0.316. The fourth-order valence-corrected chi connectivity index (χ4v) is 2.14. The zero-order valence-corrected chi connectivity index (χ0v) is 13.2. The van der Waals surface area contributed by atoms with Crippen molar-refractivity contribution in [3.63, 3.8) is 0 Å². The molecule has 116 valence electrons. The molecule has 0 unspecified atom stereocenters. The standard InChI is InChI=1S/C17H21N3O2/c1-17(2,15-11-18-8-9-20-15)12-19-10-13-4-6-14(7-5-13)16(21)22-3/h4-9,11,19H,10,12H2,1-3H3. The molecule has 0 aliphatic heterocycles. The smallest absolute Gasteiger partial charge is 0.337 e. The van der Waals surface area contributed by atoms with Gasteiger partial charge in [-0.1, -0.05) is 26.0 Å². The molecule has 0 fully saturated rings. The number of esters is 1. The molecule has 2 rings (SSSR count). The van der Waals surface area contributed by atoms with E-state index in [-0.39, 0.29) is 11.4 Å². The van der Waals surface area contributed by atoms with Gasteiger partial charge in [0.15, 0.2) is 0 Å². The largest absolute Gasteiger partial charge is 0.465 e. The number of aromatic nitrogens is 2. The van der Waals surface area contributed by atoms with Gasteiger partial charge in [0.05, 0.1) is 18.4 Å². The molecule has 5 heteroatoms. The minimum Gasteiger partial charge on any atom is -0.465 e. The van der Waals surface area contributed by atoms with E-state index in [1.807, 2.05) is 12.1 Å². The molecule has 1 aromatic carbocycles. The Hall–Kier alpha value is -2.27. The van der Waals surface area contributed by atoms with Gasteiger partial charge in [-0.15, -0.1) is 0 Å². The quantitative estimate of drug-likeness (QED) is 0.829. The van der Waals surface area contributed by atoms with E-state index in [9.17, 15) is 4.79 Å². The monoisotopic (exact) mass is 299 g/mol. The summed E-state index contributed by atoms with van der Waals surface area (Å²) < 4.78 is 4.68. The Kier molecular flexibility index (Phi) is 5.22. The Morgan fingerprint density at radius 1 is 1.23 bits per heavy atom. The van der Waals surface area contributed by atoms with E-state index in [1.54, 1.807) is 30.7 Å². The molecule has 0 amide bonds. The van der Waals surface area contributed by atoms with Crippen LogP contribution in [0.2, 0.25) is 0 Å². The molecule has 1 aromatic heterocycles. The Balaban J connectivity index is 1.89. The molecule has 2 aromatic rings. The number of carbonyl (C=O) groups is 1. The van der Waals surface area contributed by atoms with E-state index in [0.717, 1.165) is 24.3 Å². The van der Waals surface area contributed by atoms with Crippen molar-refractivity contribution in [3.05, 3.63) is 59.7 Å². The minimum absolute atomic E-state index is 0.0970. The van der Waals surface area contributed by atoms with Crippen molar-refractivity contribution in [1.29, 1.82) is 0 Å². The Morgan fingerprint density at radius 3 is 2.55 bits per heavy atom. The number of rotatable bonds is 6. The lowest BCUT2D eigenvalue weighted by molar-refractivity contribution is 0.0600. The summed E-state index contributed by atoms with van der Waals surface area (Å²) in [7, 11) is 1.38. The first-order chi connectivity index (χ1) is 10.5. The van der Waals surface area contributed by atoms with Crippen molar-refractivity contribution in [2.24, 2.45) is 0 Å². The van der Waals surface area contributed by atoms with E-state index in [2.05, 4.69) is 33.9 Å². The Labute approximate surface area is 130 Å². The first-order valence-electron chi connectivity index (χ1n) is 7.17. The summed E-state index contributed by atoms with van der Waals surface area (Å²) >= 11 is 0. The van der Waals surface area contributed by atoms with Gasteiger partial charge in [0.2, 0.25) is 0 Å². The first-order valence-corrected chi connectivity index (χ1v) is 7.17. The molecule has 0 aliphatic rings. The number of nitrogens with one attached hydrogen (secondary N) is 1. The second-order valence-corrected chi connectivity index (χ2v) is 5.77. The van der Waals surface area contributed by atoms with Gasteiger partial charge in [-0.05, 0) is 17.7 Å². The van der Waals surface area contributed by atoms with E-state index in [0.29, 0.717) is 5.56 Å². The number of carbonyl (C=O) groups excluding carboxylic acids is 1. The lowest BCUT2D eigenvalue weighted by Crippen LogP contribution is -2.33. The van der Waals surface area contributed by atoms with Crippen LogP contribution in [0, 0.1) is 0 Å². The summed E-state index contributed by atoms with van der Waals surface area (Å²) in [6, 6.07) is 7.40. The molecule has 0 aliphatic carbocycles. The van der Waals surface area contributed by atoms with E-state index in [1.165, 1.54) is 7.11 Å². The predicted molar refractivity (Wildman–Crippen MR) is 84.5 cm³/mol. The van der Waals surface area contributed by atoms with E-state index < -0.39 is 0 Å². The first kappa shape index (κ1) is 16.1. The molecule has 0 saturated carbocycles. The fourth-order valence-electron chi connectivity index (χ4n) is 2.14. The van der Waals surface area contributed by atoms with Crippen molar-refractivity contribution in [3.8, 4) is 0 Å². The zero-order valence-electron chi connectivity index (χ0n) is 13.2. The van der Waals surface area contributed by atoms with E-state index in [4.69, 9.17) is 0 Å². The number of hydrogen-bond donors (Lipinski definition) is 1. The zero-order chi connectivity index (χ0) is 16.0. The summed E-state index contributed by atoms with van der Waals surface area (Å²) in [5.74, 6) is -0.316. The van der Waals surface area contributed by atoms with Crippen molar-refractivity contribution >= 4 is 5.97 Å². The third-order valence-corrected chi connectivity index (χ3v) is 3.53. The maximum absolute atomic E-state index is 11.4. The summed E-state index contributed by atoms with van der Waals surface area (Å²) in [6.45, 7) is 5.77. The van der Waals surface area contributed by atoms with E-state index >= 15 is 0 Å². The van der Waals surface area contributed by atoms with Gasteiger partial charge in [0, 0.05) is 37.1 Å². The number of benzene rings is 1. The molecular formula is C17H21N3O2. The second kappa shape index (κ2) is 7.13. The van der Waals surface area contributed by atoms with Gasteiger partial charge < -0.3 is 10.1 Å². The SMILES string of the molecule is COC(=O)c1ccc(CNCC(C)(C)c2cnccn2)cc1. The van der Waals surface area contributed by atoms with Crippen LogP contribution >= 0.6 is 0 Å². The molecule has 0 spiro atoms. The third kappa shape index (κ3) is 4.11. The topological polar surface area (TPSA) is 64.1 Å². The highest BCUT2D eigenvalue weighted by atomic mass is 16.5. The van der Waals surface area contributed by atoms with Crippen LogP contribution in [0.3, 0.4) is 0 Å². The molecule has 22 heavy (non-hydrogen) atoms.